The van der Waals surface area contributed by atoms with Crippen molar-refractivity contribution in [3.05, 3.63) is 53.6 Å². The van der Waals surface area contributed by atoms with E-state index in [1.807, 2.05) is 0 Å². The molecule has 2 aromatic rings. The first-order chi connectivity index (χ1) is 8.66. The van der Waals surface area contributed by atoms with E-state index >= 15 is 0 Å². The van der Waals surface area contributed by atoms with Gasteiger partial charge in [0, 0.05) is 6.20 Å². The number of benzene rings is 1. The number of aromatic carboxylic acids is 1. The molecule has 0 spiro atoms. The average Bonchev–Trinajstić information content (AvgIpc) is 2.38. The molecule has 0 atom stereocenters. The summed E-state index contributed by atoms with van der Waals surface area (Å²) < 4.78 is 0. The zero-order valence-electron chi connectivity index (χ0n) is 9.32. The van der Waals surface area contributed by atoms with Crippen LogP contribution in [0.25, 0.3) is 12.2 Å². The van der Waals surface area contributed by atoms with Crippen molar-refractivity contribution in [2.75, 3.05) is 0 Å². The first kappa shape index (κ1) is 11.8. The third kappa shape index (κ3) is 2.70. The van der Waals surface area contributed by atoms with Crippen molar-refractivity contribution in [3.63, 3.8) is 0 Å². The van der Waals surface area contributed by atoms with Gasteiger partial charge in [-0.05, 0) is 29.8 Å². The van der Waals surface area contributed by atoms with Gasteiger partial charge in [0.05, 0.1) is 5.69 Å². The molecule has 0 bridgehead atoms. The molecule has 2 N–H and O–H groups in total. The zero-order valence-corrected chi connectivity index (χ0v) is 9.32. The van der Waals surface area contributed by atoms with Crippen molar-refractivity contribution in [3.8, 4) is 5.75 Å². The lowest BCUT2D eigenvalue weighted by Gasteiger charge is -2.00. The molecular weight excluding hydrogens is 232 g/mol. The van der Waals surface area contributed by atoms with Crippen molar-refractivity contribution in [1.29, 1.82) is 0 Å². The lowest BCUT2D eigenvalue weighted by molar-refractivity contribution is 0.0693. The molecule has 1 aromatic heterocycles. The summed E-state index contributed by atoms with van der Waals surface area (Å²) in [6.45, 7) is 0. The number of hydrogen-bond acceptors (Lipinski definition) is 4. The van der Waals surface area contributed by atoms with Crippen molar-refractivity contribution < 1.29 is 15.0 Å². The van der Waals surface area contributed by atoms with Crippen LogP contribution >= 0.6 is 0 Å². The maximum absolute atomic E-state index is 10.8. The minimum Gasteiger partial charge on any atom is -0.507 e. The molecule has 0 aliphatic rings. The highest BCUT2D eigenvalue weighted by molar-refractivity contribution is 5.91. The SMILES string of the molecule is O=C(O)c1cc(/C=C/c2ccncn2)ccc1O. The van der Waals surface area contributed by atoms with Crippen LogP contribution in [-0.2, 0) is 0 Å². The molecule has 2 rings (SSSR count). The van der Waals surface area contributed by atoms with Gasteiger partial charge < -0.3 is 10.2 Å². The number of carboxylic acid groups (broad SMARTS) is 1. The van der Waals surface area contributed by atoms with E-state index in [0.717, 1.165) is 5.69 Å². The maximum atomic E-state index is 10.8. The summed E-state index contributed by atoms with van der Waals surface area (Å²) in [6, 6.07) is 6.10. The van der Waals surface area contributed by atoms with Crippen molar-refractivity contribution >= 4 is 18.1 Å². The molecule has 0 amide bonds. The van der Waals surface area contributed by atoms with Gasteiger partial charge in [-0.3, -0.25) is 0 Å². The van der Waals surface area contributed by atoms with Crippen LogP contribution in [-0.4, -0.2) is 26.2 Å². The lowest BCUT2D eigenvalue weighted by atomic mass is 10.1. The molecule has 18 heavy (non-hydrogen) atoms. The molecule has 1 heterocycles. The Morgan fingerprint density at radius 2 is 2.06 bits per heavy atom. The first-order valence-electron chi connectivity index (χ1n) is 5.17. The number of aromatic nitrogens is 2. The van der Waals surface area contributed by atoms with Crippen molar-refractivity contribution in [1.82, 2.24) is 9.97 Å². The van der Waals surface area contributed by atoms with Crippen LogP contribution in [0.4, 0.5) is 0 Å². The number of carboxylic acids is 1. The van der Waals surface area contributed by atoms with Crippen LogP contribution in [0.1, 0.15) is 21.6 Å². The Balaban J connectivity index is 2.28. The van der Waals surface area contributed by atoms with Gasteiger partial charge in [0.15, 0.2) is 0 Å². The number of aromatic hydroxyl groups is 1. The first-order valence-corrected chi connectivity index (χ1v) is 5.17. The third-order valence-corrected chi connectivity index (χ3v) is 2.30. The summed E-state index contributed by atoms with van der Waals surface area (Å²) in [5.74, 6) is -1.41. The van der Waals surface area contributed by atoms with Crippen LogP contribution in [0.3, 0.4) is 0 Å². The van der Waals surface area contributed by atoms with Crippen molar-refractivity contribution in [2.24, 2.45) is 0 Å². The Morgan fingerprint density at radius 3 is 2.72 bits per heavy atom. The molecule has 0 radical (unpaired) electrons. The number of rotatable bonds is 3. The fraction of sp³-hybridized carbons (Fsp3) is 0. The van der Waals surface area contributed by atoms with Crippen LogP contribution in [0.5, 0.6) is 5.75 Å². The van der Waals surface area contributed by atoms with Gasteiger partial charge in [-0.15, -0.1) is 0 Å². The minimum absolute atomic E-state index is 0.125. The standard InChI is InChI=1S/C13H10N2O3/c16-12-4-2-9(7-11(12)13(17)18)1-3-10-5-6-14-8-15-10/h1-8,16H,(H,17,18)/b3-1+. The van der Waals surface area contributed by atoms with Crippen molar-refractivity contribution in [2.45, 2.75) is 0 Å². The molecule has 0 saturated heterocycles. The predicted molar refractivity (Wildman–Crippen MR) is 66.0 cm³/mol. The highest BCUT2D eigenvalue weighted by Gasteiger charge is 2.08. The Labute approximate surface area is 103 Å². The summed E-state index contributed by atoms with van der Waals surface area (Å²) in [6.07, 6.45) is 6.50. The second kappa shape index (κ2) is 5.09. The molecule has 0 unspecified atom stereocenters. The molecule has 5 nitrogen and oxygen atoms in total. The van der Waals surface area contributed by atoms with E-state index in [2.05, 4.69) is 9.97 Å². The zero-order chi connectivity index (χ0) is 13.0. The minimum atomic E-state index is -1.16. The van der Waals surface area contributed by atoms with Gasteiger partial charge in [-0.2, -0.15) is 0 Å². The normalized spacial score (nSPS) is 10.7. The Bertz CT molecular complexity index is 594. The van der Waals surface area contributed by atoms with E-state index < -0.39 is 5.97 Å². The van der Waals surface area contributed by atoms with Gasteiger partial charge in [0.1, 0.15) is 17.6 Å². The van der Waals surface area contributed by atoms with E-state index in [-0.39, 0.29) is 11.3 Å². The van der Waals surface area contributed by atoms with E-state index in [9.17, 15) is 9.90 Å². The number of phenols is 1. The fourth-order valence-electron chi connectivity index (χ4n) is 1.41. The Morgan fingerprint density at radius 1 is 1.22 bits per heavy atom. The summed E-state index contributed by atoms with van der Waals surface area (Å²) in [5, 5.41) is 18.2. The van der Waals surface area contributed by atoms with Gasteiger partial charge in [-0.25, -0.2) is 14.8 Å². The smallest absolute Gasteiger partial charge is 0.339 e. The lowest BCUT2D eigenvalue weighted by Crippen LogP contribution is -1.96. The van der Waals surface area contributed by atoms with E-state index in [4.69, 9.17) is 5.11 Å². The second-order valence-electron chi connectivity index (χ2n) is 3.55. The Kier molecular flexibility index (Phi) is 3.33. The largest absolute Gasteiger partial charge is 0.507 e. The van der Waals surface area contributed by atoms with E-state index in [1.54, 1.807) is 30.5 Å². The van der Waals surface area contributed by atoms with E-state index in [1.165, 1.54) is 18.5 Å². The molecule has 0 saturated carbocycles. The number of carbonyl (C=O) groups is 1. The summed E-state index contributed by atoms with van der Waals surface area (Å²) in [4.78, 5) is 18.6. The number of hydrogen-bond donors (Lipinski definition) is 2. The quantitative estimate of drug-likeness (QED) is 0.860. The van der Waals surface area contributed by atoms with Gasteiger partial charge >= 0.3 is 5.97 Å². The average molecular weight is 242 g/mol. The maximum Gasteiger partial charge on any atom is 0.339 e. The molecular formula is C13H10N2O3. The molecule has 0 fully saturated rings. The van der Waals surface area contributed by atoms with Gasteiger partial charge in [0.25, 0.3) is 0 Å². The van der Waals surface area contributed by atoms with Gasteiger partial charge in [-0.1, -0.05) is 12.1 Å². The van der Waals surface area contributed by atoms with Crippen LogP contribution in [0, 0.1) is 0 Å². The van der Waals surface area contributed by atoms with Crippen LogP contribution in [0.15, 0.2) is 36.8 Å². The molecule has 1 aromatic carbocycles. The Hall–Kier alpha value is -2.69. The van der Waals surface area contributed by atoms with Crippen LogP contribution in [0.2, 0.25) is 0 Å². The summed E-state index contributed by atoms with van der Waals surface area (Å²) >= 11 is 0. The molecule has 0 aliphatic carbocycles. The highest BCUT2D eigenvalue weighted by atomic mass is 16.4. The third-order valence-electron chi connectivity index (χ3n) is 2.30. The summed E-state index contributed by atoms with van der Waals surface area (Å²) in [7, 11) is 0. The predicted octanol–water partition coefficient (Wildman–Crippen LogP) is 2.05. The topological polar surface area (TPSA) is 83.3 Å². The van der Waals surface area contributed by atoms with E-state index in [0.29, 0.717) is 5.56 Å². The highest BCUT2D eigenvalue weighted by Crippen LogP contribution is 2.19. The molecule has 90 valence electrons. The fourth-order valence-corrected chi connectivity index (χ4v) is 1.41. The molecule has 5 heteroatoms. The number of nitrogens with zero attached hydrogens (tertiary/aromatic N) is 2. The van der Waals surface area contributed by atoms with Crippen LogP contribution < -0.4 is 0 Å². The summed E-state index contributed by atoms with van der Waals surface area (Å²) in [5.41, 5.74) is 1.26. The second-order valence-corrected chi connectivity index (χ2v) is 3.55. The monoisotopic (exact) mass is 242 g/mol. The molecule has 0 aliphatic heterocycles. The van der Waals surface area contributed by atoms with Gasteiger partial charge in [0.2, 0.25) is 0 Å².